The van der Waals surface area contributed by atoms with Crippen molar-refractivity contribution in [3.8, 4) is 0 Å². The van der Waals surface area contributed by atoms with Crippen LogP contribution in [0.5, 0.6) is 0 Å². The summed E-state index contributed by atoms with van der Waals surface area (Å²) in [6.07, 6.45) is 3.13. The zero-order valence-electron chi connectivity index (χ0n) is 9.56. The predicted molar refractivity (Wildman–Crippen MR) is 57.9 cm³/mol. The van der Waals surface area contributed by atoms with Crippen molar-refractivity contribution in [3.63, 3.8) is 0 Å². The van der Waals surface area contributed by atoms with Crippen molar-refractivity contribution in [1.82, 2.24) is 5.32 Å². The highest BCUT2D eigenvalue weighted by atomic mass is 16.3. The minimum Gasteiger partial charge on any atom is -0.396 e. The second-order valence-corrected chi connectivity index (χ2v) is 4.28. The van der Waals surface area contributed by atoms with E-state index in [-0.39, 0.29) is 12.1 Å². The Morgan fingerprint density at radius 1 is 1.38 bits per heavy atom. The van der Waals surface area contributed by atoms with E-state index in [0.29, 0.717) is 0 Å². The van der Waals surface area contributed by atoms with E-state index in [9.17, 15) is 0 Å². The van der Waals surface area contributed by atoms with Crippen molar-refractivity contribution in [2.45, 2.75) is 52.5 Å². The molecule has 0 aliphatic carbocycles. The summed E-state index contributed by atoms with van der Waals surface area (Å²) in [6, 6.07) is 0. The van der Waals surface area contributed by atoms with Gasteiger partial charge in [-0.05, 0) is 32.2 Å². The summed E-state index contributed by atoms with van der Waals surface area (Å²) < 4.78 is 0. The van der Waals surface area contributed by atoms with Crippen molar-refractivity contribution < 1.29 is 5.11 Å². The Hall–Kier alpha value is -0.0800. The Labute approximate surface area is 82.7 Å². The molecule has 0 bridgehead atoms. The molecule has 0 saturated heterocycles. The van der Waals surface area contributed by atoms with Crippen LogP contribution in [0.15, 0.2) is 0 Å². The van der Waals surface area contributed by atoms with E-state index in [1.807, 2.05) is 0 Å². The van der Waals surface area contributed by atoms with Gasteiger partial charge in [0.25, 0.3) is 0 Å². The van der Waals surface area contributed by atoms with Gasteiger partial charge in [-0.15, -0.1) is 0 Å². The average molecular weight is 187 g/mol. The van der Waals surface area contributed by atoms with E-state index in [4.69, 9.17) is 5.11 Å². The molecule has 0 aliphatic rings. The van der Waals surface area contributed by atoms with Gasteiger partial charge in [0, 0.05) is 12.1 Å². The molecule has 0 saturated carbocycles. The lowest BCUT2D eigenvalue weighted by molar-refractivity contribution is 0.210. The summed E-state index contributed by atoms with van der Waals surface area (Å²) in [7, 11) is 0. The third-order valence-electron chi connectivity index (χ3n) is 3.02. The van der Waals surface area contributed by atoms with Crippen LogP contribution in [0.25, 0.3) is 0 Å². The van der Waals surface area contributed by atoms with Crippen LogP contribution in [0.4, 0.5) is 0 Å². The van der Waals surface area contributed by atoms with Crippen molar-refractivity contribution in [2.75, 3.05) is 13.2 Å². The predicted octanol–water partition coefficient (Wildman–Crippen LogP) is 2.17. The van der Waals surface area contributed by atoms with Crippen LogP contribution in [0.1, 0.15) is 47.0 Å². The van der Waals surface area contributed by atoms with Crippen molar-refractivity contribution in [1.29, 1.82) is 0 Å². The lowest BCUT2D eigenvalue weighted by Gasteiger charge is -2.30. The Morgan fingerprint density at radius 2 is 2.00 bits per heavy atom. The molecule has 0 spiro atoms. The molecule has 0 aromatic carbocycles. The fourth-order valence-electron chi connectivity index (χ4n) is 1.20. The summed E-state index contributed by atoms with van der Waals surface area (Å²) in [6.45, 7) is 10.1. The summed E-state index contributed by atoms with van der Waals surface area (Å²) in [4.78, 5) is 0. The standard InChI is InChI=1S/C11H25NO/c1-5-10(3)9-12-11(4,6-2)7-8-13/h10,12-13H,5-9H2,1-4H3. The van der Waals surface area contributed by atoms with Gasteiger partial charge in [-0.1, -0.05) is 27.2 Å². The van der Waals surface area contributed by atoms with E-state index in [2.05, 4.69) is 33.0 Å². The molecular weight excluding hydrogens is 162 g/mol. The molecule has 0 aromatic rings. The zero-order chi connectivity index (χ0) is 10.3. The second kappa shape index (κ2) is 6.39. The third-order valence-corrected chi connectivity index (χ3v) is 3.02. The maximum atomic E-state index is 8.92. The fourth-order valence-corrected chi connectivity index (χ4v) is 1.20. The van der Waals surface area contributed by atoms with E-state index < -0.39 is 0 Å². The molecule has 0 radical (unpaired) electrons. The highest BCUT2D eigenvalue weighted by Crippen LogP contribution is 2.14. The van der Waals surface area contributed by atoms with Gasteiger partial charge in [0.05, 0.1) is 0 Å². The molecule has 0 fully saturated rings. The van der Waals surface area contributed by atoms with Gasteiger partial charge in [0.1, 0.15) is 0 Å². The Kier molecular flexibility index (Phi) is 6.35. The highest BCUT2D eigenvalue weighted by molar-refractivity contribution is 4.81. The number of nitrogens with one attached hydrogen (secondary N) is 1. The van der Waals surface area contributed by atoms with E-state index in [1.54, 1.807) is 0 Å². The second-order valence-electron chi connectivity index (χ2n) is 4.28. The van der Waals surface area contributed by atoms with Crippen LogP contribution in [-0.2, 0) is 0 Å². The molecule has 2 atom stereocenters. The minimum atomic E-state index is 0.123. The zero-order valence-corrected chi connectivity index (χ0v) is 9.56. The van der Waals surface area contributed by atoms with E-state index >= 15 is 0 Å². The first-order valence-electron chi connectivity index (χ1n) is 5.43. The molecule has 13 heavy (non-hydrogen) atoms. The van der Waals surface area contributed by atoms with Crippen LogP contribution in [-0.4, -0.2) is 23.8 Å². The molecule has 0 aliphatic heterocycles. The molecule has 80 valence electrons. The van der Waals surface area contributed by atoms with Crippen molar-refractivity contribution >= 4 is 0 Å². The maximum absolute atomic E-state index is 8.92. The van der Waals surface area contributed by atoms with Crippen LogP contribution in [0, 0.1) is 5.92 Å². The SMILES string of the molecule is CCC(C)CNC(C)(CC)CCO. The van der Waals surface area contributed by atoms with Gasteiger partial charge in [-0.3, -0.25) is 0 Å². The van der Waals surface area contributed by atoms with Gasteiger partial charge in [-0.25, -0.2) is 0 Å². The smallest absolute Gasteiger partial charge is 0.0448 e. The molecule has 0 heterocycles. The Bertz CT molecular complexity index is 127. The molecule has 0 aromatic heterocycles. The molecule has 0 rings (SSSR count). The summed E-state index contributed by atoms with van der Waals surface area (Å²) in [5, 5.41) is 12.5. The van der Waals surface area contributed by atoms with Gasteiger partial charge < -0.3 is 10.4 Å². The number of rotatable bonds is 7. The molecule has 2 heteroatoms. The highest BCUT2D eigenvalue weighted by Gasteiger charge is 2.20. The first-order valence-corrected chi connectivity index (χ1v) is 5.43. The normalized spacial score (nSPS) is 18.2. The number of aliphatic hydroxyl groups is 1. The summed E-state index contributed by atoms with van der Waals surface area (Å²) >= 11 is 0. The van der Waals surface area contributed by atoms with Gasteiger partial charge in [-0.2, -0.15) is 0 Å². The number of hydrogen-bond acceptors (Lipinski definition) is 2. The molecule has 2 N–H and O–H groups in total. The monoisotopic (exact) mass is 187 g/mol. The lowest BCUT2D eigenvalue weighted by atomic mass is 9.94. The quantitative estimate of drug-likeness (QED) is 0.640. The Balaban J connectivity index is 3.82. The third kappa shape index (κ3) is 5.27. The molecule has 0 amide bonds. The van der Waals surface area contributed by atoms with Gasteiger partial charge >= 0.3 is 0 Å². The first kappa shape index (κ1) is 12.9. The lowest BCUT2D eigenvalue weighted by Crippen LogP contribution is -2.44. The van der Waals surface area contributed by atoms with Crippen molar-refractivity contribution in [2.24, 2.45) is 5.92 Å². The summed E-state index contributed by atoms with van der Waals surface area (Å²) in [5.74, 6) is 0.726. The van der Waals surface area contributed by atoms with Crippen LogP contribution in [0.3, 0.4) is 0 Å². The van der Waals surface area contributed by atoms with Crippen LogP contribution < -0.4 is 5.32 Å². The average Bonchev–Trinajstić information content (AvgIpc) is 2.15. The molecule has 2 nitrogen and oxygen atoms in total. The van der Waals surface area contributed by atoms with Gasteiger partial charge in [0.15, 0.2) is 0 Å². The fraction of sp³-hybridized carbons (Fsp3) is 1.00. The van der Waals surface area contributed by atoms with E-state index in [0.717, 1.165) is 25.3 Å². The van der Waals surface area contributed by atoms with Crippen LogP contribution in [0.2, 0.25) is 0 Å². The number of aliphatic hydroxyl groups excluding tert-OH is 1. The van der Waals surface area contributed by atoms with Gasteiger partial charge in [0.2, 0.25) is 0 Å². The number of hydrogen-bond donors (Lipinski definition) is 2. The minimum absolute atomic E-state index is 0.123. The first-order chi connectivity index (χ1) is 6.08. The largest absolute Gasteiger partial charge is 0.396 e. The topological polar surface area (TPSA) is 32.3 Å². The summed E-state index contributed by atoms with van der Waals surface area (Å²) in [5.41, 5.74) is 0.123. The van der Waals surface area contributed by atoms with Crippen molar-refractivity contribution in [3.05, 3.63) is 0 Å². The Morgan fingerprint density at radius 3 is 2.38 bits per heavy atom. The maximum Gasteiger partial charge on any atom is 0.0448 e. The molecular formula is C11H25NO. The van der Waals surface area contributed by atoms with Crippen LogP contribution >= 0.6 is 0 Å². The molecule has 2 unspecified atom stereocenters. The van der Waals surface area contributed by atoms with E-state index in [1.165, 1.54) is 6.42 Å².